The van der Waals surface area contributed by atoms with Crippen molar-refractivity contribution in [1.29, 1.82) is 0 Å². The van der Waals surface area contributed by atoms with Crippen LogP contribution >= 0.6 is 11.3 Å². The van der Waals surface area contributed by atoms with Gasteiger partial charge in [-0.3, -0.25) is 4.79 Å². The van der Waals surface area contributed by atoms with Crippen molar-refractivity contribution in [2.45, 2.75) is 65.1 Å². The molecule has 3 rings (SSSR count). The van der Waals surface area contributed by atoms with Crippen LogP contribution in [0.25, 0.3) is 0 Å². The second-order valence-corrected chi connectivity index (χ2v) is 8.66. The van der Waals surface area contributed by atoms with Gasteiger partial charge in [-0.2, -0.15) is 0 Å². The Hall–Kier alpha value is -2.61. The molecule has 0 bridgehead atoms. The lowest BCUT2D eigenvalue weighted by atomic mass is 9.90. The van der Waals surface area contributed by atoms with Crippen LogP contribution in [0.4, 0.5) is 4.79 Å². The van der Waals surface area contributed by atoms with Crippen molar-refractivity contribution >= 4 is 23.3 Å². The molecule has 3 N–H and O–H groups in total. The van der Waals surface area contributed by atoms with Crippen LogP contribution in [0.2, 0.25) is 0 Å². The number of aryl methyl sites for hydroxylation is 2. The van der Waals surface area contributed by atoms with E-state index in [2.05, 4.69) is 27.0 Å². The average Bonchev–Trinajstić information content (AvgIpc) is 3.17. The van der Waals surface area contributed by atoms with Crippen LogP contribution in [0.3, 0.4) is 0 Å². The lowest BCUT2D eigenvalue weighted by Gasteiger charge is -2.32. The summed E-state index contributed by atoms with van der Waals surface area (Å²) in [5, 5.41) is 11.3. The predicted octanol–water partition coefficient (Wildman–Crippen LogP) is 3.70. The molecule has 1 aliphatic carbocycles. The molecule has 0 aliphatic heterocycles. The maximum Gasteiger partial charge on any atom is 0.315 e. The van der Waals surface area contributed by atoms with E-state index >= 15 is 0 Å². The zero-order chi connectivity index (χ0) is 21.5. The Morgan fingerprint density at radius 1 is 1.10 bits per heavy atom. The van der Waals surface area contributed by atoms with Crippen LogP contribution in [-0.2, 0) is 6.61 Å². The fourth-order valence-electron chi connectivity index (χ4n) is 3.74. The van der Waals surface area contributed by atoms with Crippen molar-refractivity contribution in [3.63, 3.8) is 0 Å². The first-order valence-corrected chi connectivity index (χ1v) is 11.3. The fourth-order valence-corrected chi connectivity index (χ4v) is 4.43. The molecule has 30 heavy (non-hydrogen) atoms. The normalized spacial score (nSPS) is 18.5. The molecule has 0 unspecified atom stereocenters. The number of aromatic nitrogens is 1. The van der Waals surface area contributed by atoms with Crippen molar-refractivity contribution in [1.82, 2.24) is 20.9 Å². The van der Waals surface area contributed by atoms with E-state index < -0.39 is 0 Å². The average molecular weight is 431 g/mol. The first-order chi connectivity index (χ1) is 14.4. The van der Waals surface area contributed by atoms with Gasteiger partial charge in [0.05, 0.1) is 6.04 Å². The molecule has 8 heteroatoms. The van der Waals surface area contributed by atoms with Crippen molar-refractivity contribution in [3.05, 3.63) is 45.4 Å². The SMILES string of the molecule is CCNC(=O)N[C@H]1CCCC[C@H]1NC(=O)c1csc(COc2cc(C)cc(C)c2)n1. The molecule has 1 aromatic heterocycles. The summed E-state index contributed by atoms with van der Waals surface area (Å²) in [6.07, 6.45) is 3.77. The molecular weight excluding hydrogens is 400 g/mol. The van der Waals surface area contributed by atoms with Crippen LogP contribution in [0.1, 0.15) is 59.2 Å². The van der Waals surface area contributed by atoms with Crippen LogP contribution in [0.15, 0.2) is 23.6 Å². The lowest BCUT2D eigenvalue weighted by molar-refractivity contribution is 0.0911. The number of hydrogen-bond donors (Lipinski definition) is 3. The Kier molecular flexibility index (Phi) is 7.68. The molecule has 2 aromatic rings. The number of carbonyl (C=O) groups is 2. The van der Waals surface area contributed by atoms with Crippen molar-refractivity contribution in [2.24, 2.45) is 0 Å². The molecule has 1 fully saturated rings. The number of benzene rings is 1. The number of nitrogens with one attached hydrogen (secondary N) is 3. The topological polar surface area (TPSA) is 92.4 Å². The zero-order valence-corrected chi connectivity index (χ0v) is 18.6. The quantitative estimate of drug-likeness (QED) is 0.625. The maximum atomic E-state index is 12.7. The number of hydrogen-bond acceptors (Lipinski definition) is 5. The summed E-state index contributed by atoms with van der Waals surface area (Å²) in [7, 11) is 0. The number of urea groups is 1. The first kappa shape index (κ1) is 22.1. The molecule has 1 saturated carbocycles. The van der Waals surface area contributed by atoms with Gasteiger partial charge in [-0.25, -0.2) is 9.78 Å². The summed E-state index contributed by atoms with van der Waals surface area (Å²) < 4.78 is 5.84. The minimum absolute atomic E-state index is 0.0692. The second kappa shape index (κ2) is 10.4. The Morgan fingerprint density at radius 3 is 2.43 bits per heavy atom. The van der Waals surface area contributed by atoms with E-state index in [0.29, 0.717) is 18.8 Å². The van der Waals surface area contributed by atoms with Gasteiger partial charge >= 0.3 is 6.03 Å². The van der Waals surface area contributed by atoms with E-state index in [1.54, 1.807) is 5.38 Å². The van der Waals surface area contributed by atoms with Gasteiger partial charge in [-0.15, -0.1) is 11.3 Å². The lowest BCUT2D eigenvalue weighted by Crippen LogP contribution is -2.55. The van der Waals surface area contributed by atoms with Gasteiger partial charge in [0.25, 0.3) is 5.91 Å². The van der Waals surface area contributed by atoms with Crippen molar-refractivity contribution in [3.8, 4) is 5.75 Å². The van der Waals surface area contributed by atoms with Gasteiger partial charge in [-0.1, -0.05) is 18.9 Å². The highest BCUT2D eigenvalue weighted by Gasteiger charge is 2.28. The number of carbonyl (C=O) groups excluding carboxylic acids is 2. The van der Waals surface area contributed by atoms with E-state index in [4.69, 9.17) is 4.74 Å². The van der Waals surface area contributed by atoms with Gasteiger partial charge in [0.1, 0.15) is 23.1 Å². The Balaban J connectivity index is 1.56. The molecule has 1 aliphatic rings. The van der Waals surface area contributed by atoms with Crippen molar-refractivity contribution in [2.75, 3.05) is 6.54 Å². The van der Waals surface area contributed by atoms with Gasteiger partial charge in [0.15, 0.2) is 0 Å². The predicted molar refractivity (Wildman–Crippen MR) is 118 cm³/mol. The first-order valence-electron chi connectivity index (χ1n) is 10.5. The largest absolute Gasteiger partial charge is 0.486 e. The van der Waals surface area contributed by atoms with E-state index in [1.165, 1.54) is 11.3 Å². The van der Waals surface area contributed by atoms with Crippen LogP contribution in [-0.4, -0.2) is 35.6 Å². The Morgan fingerprint density at radius 2 is 1.77 bits per heavy atom. The molecule has 0 spiro atoms. The molecule has 3 amide bonds. The third-order valence-electron chi connectivity index (χ3n) is 5.08. The van der Waals surface area contributed by atoms with E-state index in [1.807, 2.05) is 32.9 Å². The van der Waals surface area contributed by atoms with E-state index in [0.717, 1.165) is 47.6 Å². The minimum atomic E-state index is -0.210. The summed E-state index contributed by atoms with van der Waals surface area (Å²) >= 11 is 1.41. The Labute approximate surface area is 181 Å². The third-order valence-corrected chi connectivity index (χ3v) is 5.90. The molecule has 0 saturated heterocycles. The van der Waals surface area contributed by atoms with E-state index in [9.17, 15) is 9.59 Å². The third kappa shape index (κ3) is 6.19. The number of thiazole rings is 1. The van der Waals surface area contributed by atoms with Gasteiger partial charge in [-0.05, 0) is 56.9 Å². The summed E-state index contributed by atoms with van der Waals surface area (Å²) in [5.74, 6) is 0.591. The monoisotopic (exact) mass is 430 g/mol. The zero-order valence-electron chi connectivity index (χ0n) is 17.8. The number of rotatable bonds is 7. The molecule has 1 heterocycles. The van der Waals surface area contributed by atoms with E-state index in [-0.39, 0.29) is 24.0 Å². The molecule has 162 valence electrons. The van der Waals surface area contributed by atoms with Crippen LogP contribution < -0.4 is 20.7 Å². The summed E-state index contributed by atoms with van der Waals surface area (Å²) in [6, 6.07) is 5.71. The molecule has 2 atom stereocenters. The smallest absolute Gasteiger partial charge is 0.315 e. The minimum Gasteiger partial charge on any atom is -0.486 e. The van der Waals surface area contributed by atoms with Gasteiger partial charge in [0.2, 0.25) is 0 Å². The van der Waals surface area contributed by atoms with Crippen LogP contribution in [0, 0.1) is 13.8 Å². The highest BCUT2D eigenvalue weighted by Crippen LogP contribution is 2.21. The highest BCUT2D eigenvalue weighted by atomic mass is 32.1. The summed E-state index contributed by atoms with van der Waals surface area (Å²) in [4.78, 5) is 29.0. The maximum absolute atomic E-state index is 12.7. The standard InChI is InChI=1S/C22H30N4O3S/c1-4-23-22(28)26-18-8-6-5-7-17(18)25-21(27)19-13-30-20(24-19)12-29-16-10-14(2)9-15(3)11-16/h9-11,13,17-18H,4-8,12H2,1-3H3,(H,25,27)(H2,23,26,28)/t17-,18+/m1/s1. The molecule has 1 aromatic carbocycles. The second-order valence-electron chi connectivity index (χ2n) is 7.71. The van der Waals surface area contributed by atoms with Crippen LogP contribution in [0.5, 0.6) is 5.75 Å². The highest BCUT2D eigenvalue weighted by molar-refractivity contribution is 7.09. The molecule has 7 nitrogen and oxygen atoms in total. The summed E-state index contributed by atoms with van der Waals surface area (Å²) in [5.41, 5.74) is 2.68. The van der Waals surface area contributed by atoms with Gasteiger partial charge < -0.3 is 20.7 Å². The number of ether oxygens (including phenoxy) is 1. The molecular formula is C22H30N4O3S. The van der Waals surface area contributed by atoms with Crippen molar-refractivity contribution < 1.29 is 14.3 Å². The Bertz CT molecular complexity index is 863. The summed E-state index contributed by atoms with van der Waals surface area (Å²) in [6.45, 7) is 6.84. The number of amides is 3. The molecule has 0 radical (unpaired) electrons. The van der Waals surface area contributed by atoms with Gasteiger partial charge in [0, 0.05) is 18.0 Å². The fraction of sp³-hybridized carbons (Fsp3) is 0.500. The number of nitrogens with zero attached hydrogens (tertiary/aromatic N) is 1.